The number of fused-ring (bicyclic) bond motifs is 2. The molecule has 0 unspecified atom stereocenters. The number of imidazole rings is 1. The van der Waals surface area contributed by atoms with E-state index in [4.69, 9.17) is 9.97 Å². The summed E-state index contributed by atoms with van der Waals surface area (Å²) in [7, 11) is 0. The Morgan fingerprint density at radius 1 is 0.689 bits per heavy atom. The fourth-order valence-corrected chi connectivity index (χ4v) is 7.02. The molecule has 8 rings (SSSR count). The largest absolute Gasteiger partial charge is 0.359 e. The first-order chi connectivity index (χ1) is 22.0. The van der Waals surface area contributed by atoms with Gasteiger partial charge in [-0.2, -0.15) is 0 Å². The van der Waals surface area contributed by atoms with Gasteiger partial charge in [0.1, 0.15) is 23.2 Å². The molecular formula is C35H34N8O2. The lowest BCUT2D eigenvalue weighted by molar-refractivity contribution is 0.0197. The molecule has 0 bridgehead atoms. The SMILES string of the molecule is O=C(c1cccc(-c2nc3ccccc3[nH]2)n1)N1CCCC2(CCN(C(=O)c3cccc(C4Nc5ccccc5N4)n3)CC2)C1. The summed E-state index contributed by atoms with van der Waals surface area (Å²) < 4.78 is 0. The molecule has 3 aromatic heterocycles. The number of aromatic nitrogens is 4. The number of hydrogen-bond acceptors (Lipinski definition) is 7. The topological polar surface area (TPSA) is 119 Å². The van der Waals surface area contributed by atoms with E-state index in [0.717, 1.165) is 53.8 Å². The van der Waals surface area contributed by atoms with E-state index in [-0.39, 0.29) is 23.4 Å². The van der Waals surface area contributed by atoms with Crippen LogP contribution in [0.1, 0.15) is 58.5 Å². The highest BCUT2D eigenvalue weighted by atomic mass is 16.2. The fourth-order valence-electron chi connectivity index (χ4n) is 7.02. The standard InChI is InChI=1S/C35H34N8O2/c44-33(29-14-5-12-27(36-29)31-38-23-8-1-2-9-24(23)39-31)42-20-17-35(18-21-42)16-7-19-43(22-35)34(45)30-15-6-13-28(37-30)32-40-25-10-3-4-11-26(25)41-32/h1-6,8-15,31,38-39H,7,16-22H2,(H,40,41). The predicted molar refractivity (Wildman–Crippen MR) is 173 cm³/mol. The first kappa shape index (κ1) is 27.3. The number of pyridine rings is 2. The van der Waals surface area contributed by atoms with Crippen molar-refractivity contribution < 1.29 is 9.59 Å². The number of anilines is 2. The molecule has 3 aliphatic rings. The number of para-hydroxylation sites is 4. The van der Waals surface area contributed by atoms with Crippen molar-refractivity contribution in [2.45, 2.75) is 31.8 Å². The summed E-state index contributed by atoms with van der Waals surface area (Å²) in [6.45, 7) is 2.69. The third kappa shape index (κ3) is 5.16. The normalized spacial score (nSPS) is 17.6. The van der Waals surface area contributed by atoms with Crippen molar-refractivity contribution in [3.63, 3.8) is 0 Å². The Morgan fingerprint density at radius 2 is 1.38 bits per heavy atom. The van der Waals surface area contributed by atoms with Gasteiger partial charge in [0.15, 0.2) is 5.82 Å². The average Bonchev–Trinajstić information content (AvgIpc) is 3.73. The van der Waals surface area contributed by atoms with Gasteiger partial charge in [0, 0.05) is 26.2 Å². The monoisotopic (exact) mass is 598 g/mol. The molecule has 3 aliphatic heterocycles. The number of likely N-dealkylation sites (tertiary alicyclic amines) is 2. The van der Waals surface area contributed by atoms with Crippen molar-refractivity contribution in [2.75, 3.05) is 36.8 Å². The van der Waals surface area contributed by atoms with Gasteiger partial charge in [0.05, 0.1) is 28.1 Å². The molecule has 10 nitrogen and oxygen atoms in total. The summed E-state index contributed by atoms with van der Waals surface area (Å²) in [6, 6.07) is 27.0. The van der Waals surface area contributed by atoms with Gasteiger partial charge in [-0.3, -0.25) is 9.59 Å². The summed E-state index contributed by atoms with van der Waals surface area (Å²) in [5.74, 6) is 0.555. The number of carbonyl (C=O) groups excluding carboxylic acids is 2. The minimum atomic E-state index is -0.181. The van der Waals surface area contributed by atoms with E-state index in [9.17, 15) is 9.59 Å². The van der Waals surface area contributed by atoms with Crippen LogP contribution in [0.3, 0.4) is 0 Å². The lowest BCUT2D eigenvalue weighted by atomic mass is 9.72. The average molecular weight is 599 g/mol. The van der Waals surface area contributed by atoms with Crippen molar-refractivity contribution in [3.8, 4) is 11.5 Å². The molecule has 2 fully saturated rings. The lowest BCUT2D eigenvalue weighted by Gasteiger charge is -2.47. The molecule has 6 heterocycles. The maximum Gasteiger partial charge on any atom is 0.272 e. The number of nitrogens with zero attached hydrogens (tertiary/aromatic N) is 5. The first-order valence-electron chi connectivity index (χ1n) is 15.6. The minimum Gasteiger partial charge on any atom is -0.359 e. The molecule has 45 heavy (non-hydrogen) atoms. The molecule has 0 radical (unpaired) electrons. The van der Waals surface area contributed by atoms with Gasteiger partial charge in [-0.1, -0.05) is 36.4 Å². The summed E-state index contributed by atoms with van der Waals surface area (Å²) in [4.78, 5) is 48.6. The maximum absolute atomic E-state index is 13.7. The van der Waals surface area contributed by atoms with Gasteiger partial charge >= 0.3 is 0 Å². The van der Waals surface area contributed by atoms with Crippen molar-refractivity contribution in [1.29, 1.82) is 0 Å². The Labute approximate surface area is 260 Å². The Hall–Kier alpha value is -5.25. The van der Waals surface area contributed by atoms with Crippen molar-refractivity contribution in [2.24, 2.45) is 5.41 Å². The van der Waals surface area contributed by atoms with Crippen LogP contribution in [0.25, 0.3) is 22.6 Å². The zero-order valence-electron chi connectivity index (χ0n) is 24.9. The van der Waals surface area contributed by atoms with E-state index >= 15 is 0 Å². The number of amides is 2. The van der Waals surface area contributed by atoms with E-state index in [1.807, 2.05) is 82.6 Å². The molecule has 5 aromatic rings. The van der Waals surface area contributed by atoms with Crippen LogP contribution in [0.5, 0.6) is 0 Å². The Bertz CT molecular complexity index is 1850. The highest BCUT2D eigenvalue weighted by molar-refractivity contribution is 5.93. The summed E-state index contributed by atoms with van der Waals surface area (Å²) >= 11 is 0. The van der Waals surface area contributed by atoms with Crippen LogP contribution in [-0.4, -0.2) is 67.7 Å². The van der Waals surface area contributed by atoms with E-state index < -0.39 is 0 Å². The zero-order valence-corrected chi connectivity index (χ0v) is 24.9. The molecule has 2 aromatic carbocycles. The summed E-state index contributed by atoms with van der Waals surface area (Å²) in [6.07, 6.45) is 3.53. The maximum atomic E-state index is 13.7. The van der Waals surface area contributed by atoms with Gasteiger partial charge in [0.2, 0.25) is 0 Å². The highest BCUT2D eigenvalue weighted by Crippen LogP contribution is 2.41. The number of aromatic amines is 1. The molecular weight excluding hydrogens is 564 g/mol. The molecule has 226 valence electrons. The Morgan fingerprint density at radius 3 is 2.16 bits per heavy atom. The van der Waals surface area contributed by atoms with Crippen LogP contribution in [0.4, 0.5) is 11.4 Å². The summed E-state index contributed by atoms with van der Waals surface area (Å²) in [5.41, 5.74) is 6.17. The number of benzene rings is 2. The molecule has 0 aliphatic carbocycles. The molecule has 2 saturated heterocycles. The van der Waals surface area contributed by atoms with Crippen molar-refractivity contribution in [1.82, 2.24) is 29.7 Å². The van der Waals surface area contributed by atoms with Crippen LogP contribution in [0, 0.1) is 5.41 Å². The number of carbonyl (C=O) groups is 2. The summed E-state index contributed by atoms with van der Waals surface area (Å²) in [5, 5.41) is 6.87. The van der Waals surface area contributed by atoms with E-state index in [2.05, 4.69) is 20.6 Å². The van der Waals surface area contributed by atoms with Crippen molar-refractivity contribution >= 4 is 34.2 Å². The highest BCUT2D eigenvalue weighted by Gasteiger charge is 2.41. The number of H-pyrrole nitrogens is 1. The number of nitrogens with one attached hydrogen (secondary N) is 3. The second kappa shape index (κ2) is 11.0. The van der Waals surface area contributed by atoms with E-state index in [1.54, 1.807) is 12.1 Å². The molecule has 3 N–H and O–H groups in total. The lowest BCUT2D eigenvalue weighted by Crippen LogP contribution is -2.52. The number of hydrogen-bond donors (Lipinski definition) is 3. The molecule has 0 atom stereocenters. The van der Waals surface area contributed by atoms with Gasteiger partial charge in [-0.25, -0.2) is 15.0 Å². The van der Waals surface area contributed by atoms with E-state index in [0.29, 0.717) is 49.1 Å². The third-order valence-electron chi connectivity index (χ3n) is 9.47. The first-order valence-corrected chi connectivity index (χ1v) is 15.6. The molecule has 10 heteroatoms. The van der Waals surface area contributed by atoms with Crippen LogP contribution in [-0.2, 0) is 0 Å². The van der Waals surface area contributed by atoms with Crippen molar-refractivity contribution in [3.05, 3.63) is 102 Å². The van der Waals surface area contributed by atoms with Gasteiger partial charge < -0.3 is 25.4 Å². The second-order valence-electron chi connectivity index (χ2n) is 12.3. The third-order valence-corrected chi connectivity index (χ3v) is 9.47. The van der Waals surface area contributed by atoms with Gasteiger partial charge in [0.25, 0.3) is 11.8 Å². The number of piperidine rings is 2. The second-order valence-corrected chi connectivity index (χ2v) is 12.3. The molecule has 1 spiro atoms. The van der Waals surface area contributed by atoms with E-state index in [1.165, 1.54) is 0 Å². The van der Waals surface area contributed by atoms with Crippen LogP contribution < -0.4 is 10.6 Å². The van der Waals surface area contributed by atoms with Gasteiger partial charge in [-0.15, -0.1) is 0 Å². The predicted octanol–water partition coefficient (Wildman–Crippen LogP) is 5.71. The molecule has 0 saturated carbocycles. The minimum absolute atomic E-state index is 0.000222. The van der Waals surface area contributed by atoms with Gasteiger partial charge in [-0.05, 0) is 79.6 Å². The van der Waals surface area contributed by atoms with Crippen LogP contribution in [0.2, 0.25) is 0 Å². The van der Waals surface area contributed by atoms with Crippen LogP contribution in [0.15, 0.2) is 84.9 Å². The molecule has 2 amide bonds. The Balaban J connectivity index is 0.921. The fraction of sp³-hybridized carbons (Fsp3) is 0.286. The quantitative estimate of drug-likeness (QED) is 0.242. The Kier molecular flexibility index (Phi) is 6.70. The number of rotatable bonds is 4. The zero-order chi connectivity index (χ0) is 30.4. The van der Waals surface area contributed by atoms with Crippen LogP contribution >= 0.6 is 0 Å². The smallest absolute Gasteiger partial charge is 0.272 e.